The number of hydrogen-bond donors (Lipinski definition) is 0. The van der Waals surface area contributed by atoms with Crippen LogP contribution in [-0.4, -0.2) is 0 Å². The molecule has 0 atom stereocenters. The van der Waals surface area contributed by atoms with Gasteiger partial charge in [-0.25, -0.2) is 0 Å². The van der Waals surface area contributed by atoms with E-state index < -0.39 is 0 Å². The van der Waals surface area contributed by atoms with Gasteiger partial charge in [-0.1, -0.05) is 61.2 Å². The van der Waals surface area contributed by atoms with Crippen molar-refractivity contribution in [3.63, 3.8) is 0 Å². The monoisotopic (exact) mass is 334 g/mol. The van der Waals surface area contributed by atoms with Crippen LogP contribution in [-0.2, 0) is 12.8 Å². The van der Waals surface area contributed by atoms with Crippen molar-refractivity contribution >= 4 is 0 Å². The quantitative estimate of drug-likeness (QED) is 0.571. The van der Waals surface area contributed by atoms with Crippen LogP contribution < -0.4 is 0 Å². The zero-order valence-electron chi connectivity index (χ0n) is 16.8. The molecule has 25 heavy (non-hydrogen) atoms. The third-order valence-electron chi connectivity index (χ3n) is 6.08. The Kier molecular flexibility index (Phi) is 5.67. The largest absolute Gasteiger partial charge is 0.0625 e. The fourth-order valence-corrected chi connectivity index (χ4v) is 4.72. The van der Waals surface area contributed by atoms with Crippen molar-refractivity contribution in [3.8, 4) is 0 Å². The smallest absolute Gasteiger partial charge is 0.00203 e. The van der Waals surface area contributed by atoms with Crippen molar-refractivity contribution in [1.29, 1.82) is 0 Å². The summed E-state index contributed by atoms with van der Waals surface area (Å²) in [6.07, 6.45) is 8.02. The normalized spacial score (nSPS) is 20.7. The zero-order chi connectivity index (χ0) is 18.0. The molecule has 0 aliphatic heterocycles. The number of rotatable bonds is 4. The van der Waals surface area contributed by atoms with E-state index in [1.807, 2.05) is 0 Å². The van der Waals surface area contributed by atoms with Crippen molar-refractivity contribution in [2.45, 2.75) is 73.1 Å². The fourth-order valence-electron chi connectivity index (χ4n) is 4.72. The lowest BCUT2D eigenvalue weighted by atomic mass is 9.79. The van der Waals surface area contributed by atoms with Crippen molar-refractivity contribution in [2.24, 2.45) is 11.8 Å². The van der Waals surface area contributed by atoms with Gasteiger partial charge < -0.3 is 0 Å². The molecule has 134 valence electrons. The van der Waals surface area contributed by atoms with E-state index in [1.54, 1.807) is 5.56 Å². The van der Waals surface area contributed by atoms with Crippen molar-refractivity contribution in [2.75, 3.05) is 0 Å². The molecule has 0 spiro atoms. The highest BCUT2D eigenvalue weighted by Gasteiger charge is 2.19. The van der Waals surface area contributed by atoms with Gasteiger partial charge in [0, 0.05) is 0 Å². The Morgan fingerprint density at radius 2 is 1.28 bits per heavy atom. The number of benzene rings is 2. The van der Waals surface area contributed by atoms with Gasteiger partial charge >= 0.3 is 0 Å². The predicted molar refractivity (Wildman–Crippen MR) is 109 cm³/mol. The molecule has 0 heteroatoms. The van der Waals surface area contributed by atoms with Gasteiger partial charge in [0.15, 0.2) is 0 Å². The summed E-state index contributed by atoms with van der Waals surface area (Å²) < 4.78 is 0. The summed E-state index contributed by atoms with van der Waals surface area (Å²) in [6, 6.07) is 11.9. The van der Waals surface area contributed by atoms with E-state index in [0.717, 1.165) is 18.3 Å². The molecule has 0 heterocycles. The summed E-state index contributed by atoms with van der Waals surface area (Å²) in [6.45, 7) is 11.4. The maximum atomic E-state index is 2.46. The minimum Gasteiger partial charge on any atom is -0.0625 e. The first-order chi connectivity index (χ1) is 11.9. The van der Waals surface area contributed by atoms with Crippen LogP contribution in [0.15, 0.2) is 30.3 Å². The van der Waals surface area contributed by atoms with E-state index in [-0.39, 0.29) is 0 Å². The van der Waals surface area contributed by atoms with Gasteiger partial charge in [0.2, 0.25) is 0 Å². The second-order valence-electron chi connectivity index (χ2n) is 8.71. The molecule has 2 aromatic rings. The molecule has 1 aliphatic rings. The summed E-state index contributed by atoms with van der Waals surface area (Å²) in [5.41, 5.74) is 10.2. The predicted octanol–water partition coefficient (Wildman–Crippen LogP) is 6.88. The SMILES string of the molecule is Cc1cc(C)cc(Cc2c(C)cc(CC3CCC(C)CC3)cc2C)c1. The van der Waals surface area contributed by atoms with Gasteiger partial charge in [-0.3, -0.25) is 0 Å². The minimum atomic E-state index is 0.903. The van der Waals surface area contributed by atoms with Gasteiger partial charge in [0.1, 0.15) is 0 Å². The second-order valence-corrected chi connectivity index (χ2v) is 8.71. The van der Waals surface area contributed by atoms with Crippen LogP contribution in [0, 0.1) is 39.5 Å². The maximum absolute atomic E-state index is 2.46. The Morgan fingerprint density at radius 3 is 1.84 bits per heavy atom. The molecule has 1 saturated carbocycles. The standard InChI is InChI=1S/C25H34/c1-17-6-8-22(9-7-17)15-24-13-20(4)25(21(5)14-24)16-23-11-18(2)10-19(3)12-23/h10-14,17,22H,6-9,15-16H2,1-5H3. The molecule has 0 radical (unpaired) electrons. The number of aryl methyl sites for hydroxylation is 4. The summed E-state index contributed by atoms with van der Waals surface area (Å²) in [7, 11) is 0. The lowest BCUT2D eigenvalue weighted by Crippen LogP contribution is -2.14. The third-order valence-corrected chi connectivity index (χ3v) is 6.08. The Labute approximate surface area is 154 Å². The van der Waals surface area contributed by atoms with Crippen LogP contribution >= 0.6 is 0 Å². The van der Waals surface area contributed by atoms with E-state index in [0.29, 0.717) is 0 Å². The molecular formula is C25H34. The first kappa shape index (κ1) is 18.2. The molecule has 0 amide bonds. The van der Waals surface area contributed by atoms with E-state index in [9.17, 15) is 0 Å². The Bertz CT molecular complexity index is 686. The highest BCUT2D eigenvalue weighted by Crippen LogP contribution is 2.31. The molecule has 0 nitrogen and oxygen atoms in total. The molecule has 3 rings (SSSR count). The van der Waals surface area contributed by atoms with Crippen LogP contribution in [0.4, 0.5) is 0 Å². The van der Waals surface area contributed by atoms with E-state index in [1.165, 1.54) is 65.5 Å². The van der Waals surface area contributed by atoms with Crippen LogP contribution in [0.5, 0.6) is 0 Å². The van der Waals surface area contributed by atoms with E-state index >= 15 is 0 Å². The molecular weight excluding hydrogens is 300 g/mol. The Balaban J connectivity index is 1.75. The average molecular weight is 335 g/mol. The summed E-state index contributed by atoms with van der Waals surface area (Å²) >= 11 is 0. The highest BCUT2D eigenvalue weighted by atomic mass is 14.2. The van der Waals surface area contributed by atoms with Gasteiger partial charge in [0.25, 0.3) is 0 Å². The molecule has 0 saturated heterocycles. The van der Waals surface area contributed by atoms with Gasteiger partial charge in [0.05, 0.1) is 0 Å². The molecule has 0 N–H and O–H groups in total. The number of hydrogen-bond acceptors (Lipinski definition) is 0. The van der Waals surface area contributed by atoms with Gasteiger partial charge in [-0.05, 0) is 93.0 Å². The van der Waals surface area contributed by atoms with Crippen molar-refractivity contribution in [3.05, 3.63) is 69.3 Å². The summed E-state index contributed by atoms with van der Waals surface area (Å²) in [4.78, 5) is 0. The van der Waals surface area contributed by atoms with Crippen LogP contribution in [0.2, 0.25) is 0 Å². The minimum absolute atomic E-state index is 0.903. The van der Waals surface area contributed by atoms with Crippen LogP contribution in [0.3, 0.4) is 0 Å². The molecule has 1 aliphatic carbocycles. The van der Waals surface area contributed by atoms with Gasteiger partial charge in [-0.2, -0.15) is 0 Å². The lowest BCUT2D eigenvalue weighted by Gasteiger charge is -2.26. The van der Waals surface area contributed by atoms with Gasteiger partial charge in [-0.15, -0.1) is 0 Å². The van der Waals surface area contributed by atoms with E-state index in [4.69, 9.17) is 0 Å². The molecule has 0 bridgehead atoms. The summed E-state index contributed by atoms with van der Waals surface area (Å²) in [5.74, 6) is 1.85. The average Bonchev–Trinajstić information content (AvgIpc) is 2.52. The topological polar surface area (TPSA) is 0 Å². The van der Waals surface area contributed by atoms with Crippen LogP contribution in [0.1, 0.15) is 71.6 Å². The fraction of sp³-hybridized carbons (Fsp3) is 0.520. The molecule has 0 aromatic heterocycles. The van der Waals surface area contributed by atoms with Crippen LogP contribution in [0.25, 0.3) is 0 Å². The molecule has 1 fully saturated rings. The maximum Gasteiger partial charge on any atom is -0.00203 e. The molecule has 0 unspecified atom stereocenters. The lowest BCUT2D eigenvalue weighted by molar-refractivity contribution is 0.289. The first-order valence-electron chi connectivity index (χ1n) is 10.1. The Morgan fingerprint density at radius 1 is 0.720 bits per heavy atom. The third kappa shape index (κ3) is 4.75. The second kappa shape index (κ2) is 7.77. The zero-order valence-corrected chi connectivity index (χ0v) is 16.8. The first-order valence-corrected chi connectivity index (χ1v) is 10.1. The van der Waals surface area contributed by atoms with Crippen molar-refractivity contribution < 1.29 is 0 Å². The highest BCUT2D eigenvalue weighted by molar-refractivity contribution is 5.42. The Hall–Kier alpha value is -1.56. The summed E-state index contributed by atoms with van der Waals surface area (Å²) in [5, 5.41) is 0. The van der Waals surface area contributed by atoms with E-state index in [2.05, 4.69) is 65.0 Å². The van der Waals surface area contributed by atoms with Crippen molar-refractivity contribution in [1.82, 2.24) is 0 Å². The molecule has 2 aromatic carbocycles.